The average molecular weight is 273 g/mol. The van der Waals surface area contributed by atoms with Crippen LogP contribution in [0.2, 0.25) is 0 Å². The maximum atomic E-state index is 12.5. The molecule has 5 nitrogen and oxygen atoms in total. The monoisotopic (exact) mass is 273 g/mol. The molecule has 3 rings (SSSR count). The number of aryl methyl sites for hydroxylation is 1. The van der Waals surface area contributed by atoms with E-state index >= 15 is 0 Å². The summed E-state index contributed by atoms with van der Waals surface area (Å²) in [5.74, 6) is 0.560. The molecule has 2 N–H and O–H groups in total. The van der Waals surface area contributed by atoms with Crippen LogP contribution in [0.3, 0.4) is 0 Å². The van der Waals surface area contributed by atoms with Crippen LogP contribution in [0.15, 0.2) is 29.3 Å². The van der Waals surface area contributed by atoms with Crippen LogP contribution in [0.1, 0.15) is 24.0 Å². The second-order valence-corrected chi connectivity index (χ2v) is 5.22. The summed E-state index contributed by atoms with van der Waals surface area (Å²) >= 11 is 0. The zero-order chi connectivity index (χ0) is 14.0. The smallest absolute Gasteiger partial charge is 0.257 e. The SMILES string of the molecule is COCCN=C1NC(=O)C2(CCCc3ccccc32)N1. The van der Waals surface area contributed by atoms with Gasteiger partial charge in [-0.3, -0.25) is 15.1 Å². The molecule has 1 fully saturated rings. The predicted octanol–water partition coefficient (Wildman–Crippen LogP) is 0.940. The van der Waals surface area contributed by atoms with Gasteiger partial charge in [0, 0.05) is 7.11 Å². The van der Waals surface area contributed by atoms with Crippen molar-refractivity contribution in [2.75, 3.05) is 20.3 Å². The van der Waals surface area contributed by atoms with Gasteiger partial charge in [0.25, 0.3) is 5.91 Å². The van der Waals surface area contributed by atoms with Crippen molar-refractivity contribution < 1.29 is 9.53 Å². The van der Waals surface area contributed by atoms with E-state index in [4.69, 9.17) is 4.74 Å². The topological polar surface area (TPSA) is 62.7 Å². The molecule has 1 spiro atoms. The van der Waals surface area contributed by atoms with E-state index in [0.717, 1.165) is 24.8 Å². The van der Waals surface area contributed by atoms with Gasteiger partial charge in [0.2, 0.25) is 0 Å². The third-order valence-corrected chi connectivity index (χ3v) is 3.99. The van der Waals surface area contributed by atoms with Gasteiger partial charge in [-0.15, -0.1) is 0 Å². The molecule has 0 radical (unpaired) electrons. The fourth-order valence-corrected chi connectivity index (χ4v) is 3.03. The zero-order valence-electron chi connectivity index (χ0n) is 11.6. The standard InChI is InChI=1S/C15H19N3O2/c1-20-10-9-16-14-17-13(19)15(18-14)8-4-6-11-5-2-3-7-12(11)15/h2-3,5,7H,4,6,8-10H2,1H3,(H2,16,17,18,19). The maximum absolute atomic E-state index is 12.5. The molecular weight excluding hydrogens is 254 g/mol. The van der Waals surface area contributed by atoms with Crippen LogP contribution < -0.4 is 10.6 Å². The van der Waals surface area contributed by atoms with Gasteiger partial charge < -0.3 is 10.1 Å². The second kappa shape index (κ2) is 5.25. The second-order valence-electron chi connectivity index (χ2n) is 5.22. The lowest BCUT2D eigenvalue weighted by molar-refractivity contribution is -0.124. The van der Waals surface area contributed by atoms with E-state index in [-0.39, 0.29) is 5.91 Å². The van der Waals surface area contributed by atoms with Crippen LogP contribution >= 0.6 is 0 Å². The summed E-state index contributed by atoms with van der Waals surface area (Å²) in [5.41, 5.74) is 1.70. The summed E-state index contributed by atoms with van der Waals surface area (Å²) in [6.07, 6.45) is 2.84. The number of aliphatic imine (C=N–C) groups is 1. The highest BCUT2D eigenvalue weighted by atomic mass is 16.5. The third-order valence-electron chi connectivity index (χ3n) is 3.99. The summed E-state index contributed by atoms with van der Waals surface area (Å²) in [5, 5.41) is 6.16. The number of amides is 1. The summed E-state index contributed by atoms with van der Waals surface area (Å²) in [4.78, 5) is 16.8. The molecule has 20 heavy (non-hydrogen) atoms. The molecule has 1 heterocycles. The number of hydrogen-bond acceptors (Lipinski definition) is 3. The molecule has 1 aliphatic carbocycles. The first-order valence-corrected chi connectivity index (χ1v) is 6.98. The molecule has 1 unspecified atom stereocenters. The van der Waals surface area contributed by atoms with Crippen molar-refractivity contribution in [2.24, 2.45) is 4.99 Å². The first kappa shape index (κ1) is 13.1. The van der Waals surface area contributed by atoms with Crippen molar-refractivity contribution in [3.8, 4) is 0 Å². The maximum Gasteiger partial charge on any atom is 0.257 e. The van der Waals surface area contributed by atoms with Crippen molar-refractivity contribution in [2.45, 2.75) is 24.8 Å². The van der Waals surface area contributed by atoms with Crippen LogP contribution in [-0.2, 0) is 21.5 Å². The molecule has 2 aliphatic rings. The molecule has 1 amide bonds. The molecule has 5 heteroatoms. The Hall–Kier alpha value is -1.88. The summed E-state index contributed by atoms with van der Waals surface area (Å²) in [6.45, 7) is 1.08. The van der Waals surface area contributed by atoms with Crippen LogP contribution in [-0.4, -0.2) is 32.1 Å². The number of rotatable bonds is 3. The van der Waals surface area contributed by atoms with Crippen molar-refractivity contribution in [1.29, 1.82) is 0 Å². The minimum Gasteiger partial charge on any atom is -0.383 e. The molecule has 0 saturated carbocycles. The fourth-order valence-electron chi connectivity index (χ4n) is 3.03. The predicted molar refractivity (Wildman–Crippen MR) is 76.5 cm³/mol. The Morgan fingerprint density at radius 1 is 1.40 bits per heavy atom. The Labute approximate surface area is 118 Å². The average Bonchev–Trinajstić information content (AvgIpc) is 2.77. The Kier molecular flexibility index (Phi) is 3.44. The Morgan fingerprint density at radius 2 is 2.25 bits per heavy atom. The molecule has 1 aromatic rings. The number of methoxy groups -OCH3 is 1. The third kappa shape index (κ3) is 2.08. The molecule has 1 atom stereocenters. The van der Waals surface area contributed by atoms with Gasteiger partial charge in [-0.25, -0.2) is 0 Å². The van der Waals surface area contributed by atoms with E-state index in [1.165, 1.54) is 5.56 Å². The van der Waals surface area contributed by atoms with Crippen molar-refractivity contribution in [3.63, 3.8) is 0 Å². The van der Waals surface area contributed by atoms with Gasteiger partial charge in [0.05, 0.1) is 13.2 Å². The number of ether oxygens (including phenoxy) is 1. The quantitative estimate of drug-likeness (QED) is 0.806. The van der Waals surface area contributed by atoms with Gasteiger partial charge in [0.15, 0.2) is 5.96 Å². The van der Waals surface area contributed by atoms with Crippen molar-refractivity contribution in [1.82, 2.24) is 10.6 Å². The van der Waals surface area contributed by atoms with Crippen molar-refractivity contribution >= 4 is 11.9 Å². The number of carbonyl (C=O) groups is 1. The zero-order valence-corrected chi connectivity index (χ0v) is 11.6. The number of nitrogens with zero attached hydrogens (tertiary/aromatic N) is 1. The van der Waals surface area contributed by atoms with Crippen molar-refractivity contribution in [3.05, 3.63) is 35.4 Å². The highest BCUT2D eigenvalue weighted by Gasteiger charge is 2.48. The minimum absolute atomic E-state index is 0.000756. The fraction of sp³-hybridized carbons (Fsp3) is 0.467. The molecule has 0 bridgehead atoms. The lowest BCUT2D eigenvalue weighted by Gasteiger charge is -2.33. The lowest BCUT2D eigenvalue weighted by atomic mass is 9.76. The number of fused-ring (bicyclic) bond motifs is 2. The van der Waals surface area contributed by atoms with Gasteiger partial charge in [-0.05, 0) is 30.4 Å². The summed E-state index contributed by atoms with van der Waals surface area (Å²) in [6, 6.07) is 8.16. The van der Waals surface area contributed by atoms with Gasteiger partial charge >= 0.3 is 0 Å². The molecule has 1 saturated heterocycles. The Balaban J connectivity index is 1.90. The summed E-state index contributed by atoms with van der Waals surface area (Å²) in [7, 11) is 1.64. The first-order chi connectivity index (χ1) is 9.76. The first-order valence-electron chi connectivity index (χ1n) is 6.98. The van der Waals surface area contributed by atoms with E-state index in [9.17, 15) is 4.79 Å². The largest absolute Gasteiger partial charge is 0.383 e. The van der Waals surface area contributed by atoms with Crippen LogP contribution in [0.4, 0.5) is 0 Å². The van der Waals surface area contributed by atoms with Crippen LogP contribution in [0.5, 0.6) is 0 Å². The molecule has 106 valence electrons. The van der Waals surface area contributed by atoms with E-state index in [0.29, 0.717) is 19.1 Å². The van der Waals surface area contributed by atoms with E-state index < -0.39 is 5.54 Å². The Morgan fingerprint density at radius 3 is 3.10 bits per heavy atom. The summed E-state index contributed by atoms with van der Waals surface area (Å²) < 4.78 is 4.97. The van der Waals surface area contributed by atoms with E-state index in [1.807, 2.05) is 18.2 Å². The number of carbonyl (C=O) groups excluding carboxylic acids is 1. The van der Waals surface area contributed by atoms with Gasteiger partial charge in [-0.2, -0.15) is 0 Å². The lowest BCUT2D eigenvalue weighted by Crippen LogP contribution is -2.46. The van der Waals surface area contributed by atoms with Gasteiger partial charge in [0.1, 0.15) is 5.54 Å². The number of benzene rings is 1. The highest BCUT2D eigenvalue weighted by Crippen LogP contribution is 2.37. The molecule has 0 aromatic heterocycles. The number of hydrogen-bond donors (Lipinski definition) is 2. The number of guanidine groups is 1. The highest BCUT2D eigenvalue weighted by molar-refractivity contribution is 6.09. The van der Waals surface area contributed by atoms with Crippen LogP contribution in [0.25, 0.3) is 0 Å². The molecular formula is C15H19N3O2. The minimum atomic E-state index is -0.638. The molecule has 1 aromatic carbocycles. The number of nitrogens with one attached hydrogen (secondary N) is 2. The van der Waals surface area contributed by atoms with E-state index in [2.05, 4.69) is 21.7 Å². The van der Waals surface area contributed by atoms with Crippen LogP contribution in [0, 0.1) is 0 Å². The molecule has 1 aliphatic heterocycles. The normalized spacial score (nSPS) is 26.4. The Bertz CT molecular complexity index is 556. The van der Waals surface area contributed by atoms with Gasteiger partial charge in [-0.1, -0.05) is 24.3 Å². The van der Waals surface area contributed by atoms with E-state index in [1.54, 1.807) is 7.11 Å².